The molecule has 0 bridgehead atoms. The van der Waals surface area contributed by atoms with Crippen LogP contribution < -0.4 is 0 Å². The first kappa shape index (κ1) is 16.9. The van der Waals surface area contributed by atoms with Crippen LogP contribution in [0.4, 0.5) is 0 Å². The van der Waals surface area contributed by atoms with Gasteiger partial charge in [-0.25, -0.2) is 0 Å². The fourth-order valence-electron chi connectivity index (χ4n) is 2.63. The number of halogens is 1. The Bertz CT molecular complexity index is 698. The van der Waals surface area contributed by atoms with Crippen LogP contribution in [0.25, 0.3) is 11.5 Å². The Morgan fingerprint density at radius 1 is 1.29 bits per heavy atom. The first-order valence-corrected chi connectivity index (χ1v) is 8.11. The Kier molecular flexibility index (Phi) is 5.44. The fraction of sp³-hybridized carbons (Fsp3) is 0.438. The molecule has 0 saturated carbocycles. The van der Waals surface area contributed by atoms with Crippen molar-refractivity contribution in [3.63, 3.8) is 0 Å². The minimum absolute atomic E-state index is 0.0257. The molecule has 0 radical (unpaired) electrons. The first-order chi connectivity index (χ1) is 11.7. The highest BCUT2D eigenvalue weighted by Crippen LogP contribution is 2.26. The SMILES string of the molecule is COCC(=O)N1CCN(Cc2noc(-c3ccccc3Cl)n2)CC1. The minimum atomic E-state index is 0.0257. The Morgan fingerprint density at radius 3 is 2.75 bits per heavy atom. The number of nitrogens with zero attached hydrogens (tertiary/aromatic N) is 4. The zero-order chi connectivity index (χ0) is 16.9. The fourth-order valence-corrected chi connectivity index (χ4v) is 2.85. The number of carbonyl (C=O) groups excluding carboxylic acids is 1. The molecule has 1 saturated heterocycles. The second-order valence-electron chi connectivity index (χ2n) is 5.59. The molecule has 0 atom stereocenters. The quantitative estimate of drug-likeness (QED) is 0.817. The van der Waals surface area contributed by atoms with Gasteiger partial charge in [-0.15, -0.1) is 0 Å². The number of amides is 1. The van der Waals surface area contributed by atoms with E-state index >= 15 is 0 Å². The lowest BCUT2D eigenvalue weighted by atomic mass is 10.2. The monoisotopic (exact) mass is 350 g/mol. The summed E-state index contributed by atoms with van der Waals surface area (Å²) in [5.41, 5.74) is 0.730. The summed E-state index contributed by atoms with van der Waals surface area (Å²) in [6.45, 7) is 3.61. The van der Waals surface area contributed by atoms with E-state index in [0.29, 0.717) is 36.4 Å². The standard InChI is InChI=1S/C16H19ClN4O3/c1-23-11-15(22)21-8-6-20(7-9-21)10-14-18-16(24-19-14)12-4-2-3-5-13(12)17/h2-5H,6-11H2,1H3. The summed E-state index contributed by atoms with van der Waals surface area (Å²) >= 11 is 6.15. The summed E-state index contributed by atoms with van der Waals surface area (Å²) in [6, 6.07) is 7.37. The molecule has 1 aliphatic heterocycles. The summed E-state index contributed by atoms with van der Waals surface area (Å²) in [5.74, 6) is 1.06. The van der Waals surface area contributed by atoms with E-state index in [-0.39, 0.29) is 12.5 Å². The van der Waals surface area contributed by atoms with Gasteiger partial charge in [0.15, 0.2) is 5.82 Å². The van der Waals surface area contributed by atoms with Gasteiger partial charge in [-0.2, -0.15) is 4.98 Å². The molecule has 24 heavy (non-hydrogen) atoms. The number of hydrogen-bond donors (Lipinski definition) is 0. The van der Waals surface area contributed by atoms with Gasteiger partial charge in [0.05, 0.1) is 17.1 Å². The van der Waals surface area contributed by atoms with Crippen LogP contribution in [-0.2, 0) is 16.1 Å². The smallest absolute Gasteiger partial charge is 0.259 e. The highest BCUT2D eigenvalue weighted by atomic mass is 35.5. The second-order valence-corrected chi connectivity index (χ2v) is 5.99. The molecule has 1 amide bonds. The van der Waals surface area contributed by atoms with Crippen LogP contribution in [0.2, 0.25) is 5.02 Å². The van der Waals surface area contributed by atoms with Crippen LogP contribution in [0.5, 0.6) is 0 Å². The van der Waals surface area contributed by atoms with Crippen molar-refractivity contribution in [1.29, 1.82) is 0 Å². The van der Waals surface area contributed by atoms with Gasteiger partial charge in [0, 0.05) is 33.3 Å². The number of piperazine rings is 1. The number of methoxy groups -OCH3 is 1. The first-order valence-electron chi connectivity index (χ1n) is 7.74. The van der Waals surface area contributed by atoms with Crippen molar-refractivity contribution < 1.29 is 14.1 Å². The molecule has 2 heterocycles. The number of carbonyl (C=O) groups is 1. The van der Waals surface area contributed by atoms with Gasteiger partial charge in [0.1, 0.15) is 6.61 Å². The molecule has 0 unspecified atom stereocenters. The molecule has 8 heteroatoms. The van der Waals surface area contributed by atoms with Crippen molar-refractivity contribution in [3.05, 3.63) is 35.1 Å². The lowest BCUT2D eigenvalue weighted by Gasteiger charge is -2.33. The zero-order valence-corrected chi connectivity index (χ0v) is 14.2. The third kappa shape index (κ3) is 3.92. The number of aromatic nitrogens is 2. The average molecular weight is 351 g/mol. The van der Waals surface area contributed by atoms with Crippen LogP contribution in [-0.4, -0.2) is 65.7 Å². The summed E-state index contributed by atoms with van der Waals surface area (Å²) in [4.78, 5) is 20.2. The van der Waals surface area contributed by atoms with Gasteiger partial charge in [-0.1, -0.05) is 28.9 Å². The lowest BCUT2D eigenvalue weighted by molar-refractivity contribution is -0.136. The molecule has 0 aliphatic carbocycles. The molecule has 1 fully saturated rings. The molecule has 1 aromatic carbocycles. The summed E-state index contributed by atoms with van der Waals surface area (Å²) in [6.07, 6.45) is 0. The van der Waals surface area contributed by atoms with Crippen LogP contribution in [0.15, 0.2) is 28.8 Å². The topological polar surface area (TPSA) is 71.7 Å². The molecule has 128 valence electrons. The Balaban J connectivity index is 1.57. The largest absolute Gasteiger partial charge is 0.375 e. The minimum Gasteiger partial charge on any atom is -0.375 e. The van der Waals surface area contributed by atoms with E-state index in [4.69, 9.17) is 20.9 Å². The van der Waals surface area contributed by atoms with Gasteiger partial charge < -0.3 is 14.2 Å². The van der Waals surface area contributed by atoms with E-state index in [1.165, 1.54) is 7.11 Å². The molecule has 3 rings (SSSR count). The maximum atomic E-state index is 11.8. The average Bonchev–Trinajstić information content (AvgIpc) is 3.04. The van der Waals surface area contributed by atoms with Crippen LogP contribution >= 0.6 is 11.6 Å². The van der Waals surface area contributed by atoms with E-state index in [1.54, 1.807) is 6.07 Å². The number of ether oxygens (including phenoxy) is 1. The molecular formula is C16H19ClN4O3. The van der Waals surface area contributed by atoms with E-state index in [0.717, 1.165) is 18.7 Å². The van der Waals surface area contributed by atoms with Crippen LogP contribution in [0, 0.1) is 0 Å². The van der Waals surface area contributed by atoms with E-state index in [2.05, 4.69) is 15.0 Å². The molecule has 1 aromatic heterocycles. The van der Waals surface area contributed by atoms with Gasteiger partial charge in [0.25, 0.3) is 5.89 Å². The summed E-state index contributed by atoms with van der Waals surface area (Å²) in [7, 11) is 1.53. The maximum Gasteiger partial charge on any atom is 0.259 e. The Hall–Kier alpha value is -1.96. The normalized spacial score (nSPS) is 15.7. The number of hydrogen-bond acceptors (Lipinski definition) is 6. The summed E-state index contributed by atoms with van der Waals surface area (Å²) in [5, 5.41) is 4.61. The molecule has 0 spiro atoms. The van der Waals surface area contributed by atoms with Gasteiger partial charge in [0.2, 0.25) is 5.91 Å². The predicted octanol–water partition coefficient (Wildman–Crippen LogP) is 1.68. The Morgan fingerprint density at radius 2 is 2.04 bits per heavy atom. The molecule has 7 nitrogen and oxygen atoms in total. The van der Waals surface area contributed by atoms with Crippen molar-refractivity contribution >= 4 is 17.5 Å². The third-order valence-electron chi connectivity index (χ3n) is 3.93. The third-order valence-corrected chi connectivity index (χ3v) is 4.26. The van der Waals surface area contributed by atoms with Crippen LogP contribution in [0.3, 0.4) is 0 Å². The van der Waals surface area contributed by atoms with Gasteiger partial charge in [-0.3, -0.25) is 9.69 Å². The summed E-state index contributed by atoms with van der Waals surface area (Å²) < 4.78 is 10.2. The highest BCUT2D eigenvalue weighted by molar-refractivity contribution is 6.33. The zero-order valence-electron chi connectivity index (χ0n) is 13.4. The van der Waals surface area contributed by atoms with E-state index in [9.17, 15) is 4.79 Å². The molecule has 1 aliphatic rings. The predicted molar refractivity (Wildman–Crippen MR) is 88.5 cm³/mol. The second kappa shape index (κ2) is 7.74. The molecule has 2 aromatic rings. The number of benzene rings is 1. The lowest BCUT2D eigenvalue weighted by Crippen LogP contribution is -2.49. The van der Waals surface area contributed by atoms with Crippen molar-refractivity contribution in [3.8, 4) is 11.5 Å². The highest BCUT2D eigenvalue weighted by Gasteiger charge is 2.22. The van der Waals surface area contributed by atoms with E-state index in [1.807, 2.05) is 23.1 Å². The van der Waals surface area contributed by atoms with Crippen molar-refractivity contribution in [1.82, 2.24) is 19.9 Å². The molecule has 0 N–H and O–H groups in total. The van der Waals surface area contributed by atoms with Crippen molar-refractivity contribution in [2.45, 2.75) is 6.54 Å². The Labute approximate surface area is 145 Å². The number of rotatable bonds is 5. The van der Waals surface area contributed by atoms with Crippen molar-refractivity contribution in [2.75, 3.05) is 39.9 Å². The van der Waals surface area contributed by atoms with Crippen molar-refractivity contribution in [2.24, 2.45) is 0 Å². The van der Waals surface area contributed by atoms with Gasteiger partial charge in [-0.05, 0) is 12.1 Å². The molecular weight excluding hydrogens is 332 g/mol. The maximum absolute atomic E-state index is 11.8. The van der Waals surface area contributed by atoms with Gasteiger partial charge >= 0.3 is 0 Å². The van der Waals surface area contributed by atoms with Crippen LogP contribution in [0.1, 0.15) is 5.82 Å². The van der Waals surface area contributed by atoms with E-state index < -0.39 is 0 Å².